The summed E-state index contributed by atoms with van der Waals surface area (Å²) in [7, 11) is 0. The fourth-order valence-corrected chi connectivity index (χ4v) is 0.944. The summed E-state index contributed by atoms with van der Waals surface area (Å²) in [6, 6.07) is -0.547. The molecule has 78 valence electrons. The minimum Gasteiger partial charge on any atom is -0.351 e. The molecule has 0 aliphatic carbocycles. The van der Waals surface area contributed by atoms with Crippen molar-refractivity contribution >= 4 is 6.03 Å². The molecule has 7 N–H and O–H groups in total. The number of carbonyl (C=O) groups excluding carboxylic acids is 1. The largest absolute Gasteiger partial charge is 0.351 e. The lowest BCUT2D eigenvalue weighted by molar-refractivity contribution is 0.181. The van der Waals surface area contributed by atoms with Gasteiger partial charge in [0.25, 0.3) is 0 Å². The van der Waals surface area contributed by atoms with Gasteiger partial charge in [0.05, 0.1) is 0 Å². The van der Waals surface area contributed by atoms with Crippen LogP contribution in [0.3, 0.4) is 0 Å². The van der Waals surface area contributed by atoms with E-state index in [4.69, 9.17) is 17.2 Å². The van der Waals surface area contributed by atoms with Crippen LogP contribution < -0.4 is 22.6 Å². The number of nitrogens with zero attached hydrogens (tertiary/aromatic N) is 1. The minimum absolute atomic E-state index is 0.547. The van der Waals surface area contributed by atoms with Crippen molar-refractivity contribution in [1.82, 2.24) is 10.4 Å². The van der Waals surface area contributed by atoms with Gasteiger partial charge < -0.3 is 17.2 Å². The molecular weight excluding hydrogens is 170 g/mol. The van der Waals surface area contributed by atoms with E-state index in [1.165, 1.54) is 0 Å². The van der Waals surface area contributed by atoms with Gasteiger partial charge in [0, 0.05) is 13.1 Å². The van der Waals surface area contributed by atoms with E-state index in [9.17, 15) is 4.79 Å². The zero-order chi connectivity index (χ0) is 10.1. The van der Waals surface area contributed by atoms with Crippen LogP contribution in [0.1, 0.15) is 12.8 Å². The number of nitrogens with one attached hydrogen (secondary N) is 1. The normalized spacial score (nSPS) is 10.4. The summed E-state index contributed by atoms with van der Waals surface area (Å²) in [6.45, 7) is 2.61. The minimum atomic E-state index is -0.547. The Morgan fingerprint density at radius 2 is 1.62 bits per heavy atom. The number of hydrogen-bond donors (Lipinski definition) is 4. The first kappa shape index (κ1) is 12.2. The van der Waals surface area contributed by atoms with Crippen LogP contribution in [0.25, 0.3) is 0 Å². The lowest BCUT2D eigenvalue weighted by Gasteiger charge is -2.21. The molecule has 0 atom stereocenters. The van der Waals surface area contributed by atoms with Crippen molar-refractivity contribution in [2.75, 3.05) is 26.2 Å². The van der Waals surface area contributed by atoms with E-state index in [-0.39, 0.29) is 0 Å². The standard InChI is InChI=1S/C7H19N5O/c8-3-1-5-12(6-2-4-9)11-7(10)13/h1-6,8-9H2,(H3,10,11,13). The Balaban J connectivity index is 3.66. The molecule has 0 spiro atoms. The second-order valence-corrected chi connectivity index (χ2v) is 2.75. The Morgan fingerprint density at radius 3 is 1.92 bits per heavy atom. The molecule has 0 unspecified atom stereocenters. The molecule has 6 nitrogen and oxygen atoms in total. The molecule has 0 fully saturated rings. The lowest BCUT2D eigenvalue weighted by Crippen LogP contribution is -2.46. The van der Waals surface area contributed by atoms with Crippen molar-refractivity contribution in [2.24, 2.45) is 17.2 Å². The van der Waals surface area contributed by atoms with E-state index in [0.29, 0.717) is 26.2 Å². The van der Waals surface area contributed by atoms with Crippen molar-refractivity contribution in [3.05, 3.63) is 0 Å². The van der Waals surface area contributed by atoms with Crippen LogP contribution >= 0.6 is 0 Å². The first-order valence-electron chi connectivity index (χ1n) is 4.42. The van der Waals surface area contributed by atoms with Crippen molar-refractivity contribution in [3.8, 4) is 0 Å². The SMILES string of the molecule is NCCCN(CCCN)NC(N)=O. The Bertz CT molecular complexity index is 133. The van der Waals surface area contributed by atoms with E-state index >= 15 is 0 Å². The third kappa shape index (κ3) is 7.51. The van der Waals surface area contributed by atoms with E-state index in [2.05, 4.69) is 5.43 Å². The molecule has 0 saturated carbocycles. The fourth-order valence-electron chi connectivity index (χ4n) is 0.944. The van der Waals surface area contributed by atoms with Crippen LogP contribution in [-0.4, -0.2) is 37.2 Å². The Labute approximate surface area is 78.4 Å². The van der Waals surface area contributed by atoms with E-state index < -0.39 is 6.03 Å². The molecule has 0 bridgehead atoms. The van der Waals surface area contributed by atoms with Gasteiger partial charge in [-0.15, -0.1) is 0 Å². The van der Waals surface area contributed by atoms with E-state index in [0.717, 1.165) is 12.8 Å². The van der Waals surface area contributed by atoms with E-state index in [1.807, 2.05) is 0 Å². The summed E-state index contributed by atoms with van der Waals surface area (Å²) in [5.41, 5.74) is 18.2. The zero-order valence-electron chi connectivity index (χ0n) is 7.83. The van der Waals surface area contributed by atoms with Gasteiger partial charge in [0.1, 0.15) is 0 Å². The maximum atomic E-state index is 10.5. The highest BCUT2D eigenvalue weighted by Gasteiger charge is 2.04. The van der Waals surface area contributed by atoms with Crippen LogP contribution in [0.2, 0.25) is 0 Å². The van der Waals surface area contributed by atoms with Crippen molar-refractivity contribution < 1.29 is 4.79 Å². The van der Waals surface area contributed by atoms with Gasteiger partial charge in [-0.3, -0.25) is 5.43 Å². The summed E-state index contributed by atoms with van der Waals surface area (Å²) in [6.07, 6.45) is 1.65. The highest BCUT2D eigenvalue weighted by atomic mass is 16.2. The van der Waals surface area contributed by atoms with E-state index in [1.54, 1.807) is 5.01 Å². The summed E-state index contributed by atoms with van der Waals surface area (Å²) < 4.78 is 0. The van der Waals surface area contributed by atoms with Crippen LogP contribution in [-0.2, 0) is 0 Å². The summed E-state index contributed by atoms with van der Waals surface area (Å²) in [5.74, 6) is 0. The number of amides is 2. The average molecular weight is 189 g/mol. The van der Waals surface area contributed by atoms with Gasteiger partial charge in [-0.2, -0.15) is 0 Å². The number of hydrogen-bond acceptors (Lipinski definition) is 4. The summed E-state index contributed by atoms with van der Waals surface area (Å²) in [4.78, 5) is 10.5. The molecule has 0 aromatic heterocycles. The Morgan fingerprint density at radius 1 is 1.15 bits per heavy atom. The van der Waals surface area contributed by atoms with Crippen molar-refractivity contribution in [1.29, 1.82) is 0 Å². The van der Waals surface area contributed by atoms with Gasteiger partial charge in [0.15, 0.2) is 0 Å². The van der Waals surface area contributed by atoms with Crippen LogP contribution in [0.4, 0.5) is 4.79 Å². The molecule has 0 aromatic rings. The molecule has 13 heavy (non-hydrogen) atoms. The second kappa shape index (κ2) is 7.78. The molecule has 0 radical (unpaired) electrons. The highest BCUT2D eigenvalue weighted by molar-refractivity contribution is 5.70. The quantitative estimate of drug-likeness (QED) is 0.368. The van der Waals surface area contributed by atoms with Crippen molar-refractivity contribution in [3.63, 3.8) is 0 Å². The van der Waals surface area contributed by atoms with Crippen LogP contribution in [0.15, 0.2) is 0 Å². The number of nitrogens with two attached hydrogens (primary N) is 3. The third-order valence-electron chi connectivity index (χ3n) is 1.53. The monoisotopic (exact) mass is 189 g/mol. The molecule has 0 rings (SSSR count). The Hall–Kier alpha value is -0.850. The molecule has 6 heteroatoms. The first-order valence-corrected chi connectivity index (χ1v) is 4.42. The highest BCUT2D eigenvalue weighted by Crippen LogP contribution is 1.88. The smallest absolute Gasteiger partial charge is 0.326 e. The molecular formula is C7H19N5O. The maximum Gasteiger partial charge on any atom is 0.326 e. The number of carbonyl (C=O) groups is 1. The third-order valence-corrected chi connectivity index (χ3v) is 1.53. The number of primary amides is 1. The van der Waals surface area contributed by atoms with Crippen LogP contribution in [0, 0.1) is 0 Å². The first-order chi connectivity index (χ1) is 6.20. The van der Waals surface area contributed by atoms with Gasteiger partial charge in [-0.1, -0.05) is 0 Å². The summed E-state index contributed by atoms with van der Waals surface area (Å²) >= 11 is 0. The molecule has 0 aromatic carbocycles. The zero-order valence-corrected chi connectivity index (χ0v) is 7.83. The predicted molar refractivity (Wildman–Crippen MR) is 51.6 cm³/mol. The summed E-state index contributed by atoms with van der Waals surface area (Å²) in [5, 5.41) is 1.74. The van der Waals surface area contributed by atoms with Gasteiger partial charge in [-0.25, -0.2) is 9.80 Å². The number of urea groups is 1. The van der Waals surface area contributed by atoms with Crippen molar-refractivity contribution in [2.45, 2.75) is 12.8 Å². The molecule has 0 saturated heterocycles. The van der Waals surface area contributed by atoms with Gasteiger partial charge >= 0.3 is 6.03 Å². The average Bonchev–Trinajstić information content (AvgIpc) is 2.09. The lowest BCUT2D eigenvalue weighted by atomic mass is 10.3. The fraction of sp³-hybridized carbons (Fsp3) is 0.857. The molecule has 0 aliphatic rings. The molecule has 2 amide bonds. The number of rotatable bonds is 7. The maximum absolute atomic E-state index is 10.5. The van der Waals surface area contributed by atoms with Crippen LogP contribution in [0.5, 0.6) is 0 Å². The van der Waals surface area contributed by atoms with Gasteiger partial charge in [-0.05, 0) is 25.9 Å². The second-order valence-electron chi connectivity index (χ2n) is 2.75. The molecule has 0 aliphatic heterocycles. The number of hydrazine groups is 1. The topological polar surface area (TPSA) is 110 Å². The Kier molecular flexibility index (Phi) is 7.27. The predicted octanol–water partition coefficient (Wildman–Crippen LogP) is -1.43. The van der Waals surface area contributed by atoms with Gasteiger partial charge in [0.2, 0.25) is 0 Å². The molecule has 0 heterocycles.